The van der Waals surface area contributed by atoms with E-state index in [1.54, 1.807) is 4.57 Å². The molecule has 2 radical (unpaired) electrons. The van der Waals surface area contributed by atoms with E-state index in [1.807, 2.05) is 37.3 Å². The van der Waals surface area contributed by atoms with Gasteiger partial charge >= 0.3 is 6.03 Å². The number of benzene rings is 1. The Bertz CT molecular complexity index is 276. The molecule has 68 valence electrons. The molecule has 0 saturated carbocycles. The predicted octanol–water partition coefficient (Wildman–Crippen LogP) is 0.332. The number of urea groups is 1. The van der Waals surface area contributed by atoms with E-state index in [9.17, 15) is 4.79 Å². The van der Waals surface area contributed by atoms with Crippen LogP contribution in [0, 0.1) is 0 Å². The van der Waals surface area contributed by atoms with E-state index < -0.39 is 0 Å². The molecule has 0 aromatic heterocycles. The normalized spacial score (nSPS) is 9.62. The largest absolute Gasteiger partial charge is 0.352 e. The number of hydrogen-bond acceptors (Lipinski definition) is 1. The smallest absolute Gasteiger partial charge is 0.306 e. The quantitative estimate of drug-likeness (QED) is 0.689. The molecule has 0 spiro atoms. The van der Waals surface area contributed by atoms with Crippen molar-refractivity contribution >= 4 is 20.9 Å². The molecule has 0 unspecified atom stereocenters. The summed E-state index contributed by atoms with van der Waals surface area (Å²) in [6.45, 7) is 2.57. The Labute approximate surface area is 80.4 Å². The molecule has 4 heteroatoms. The van der Waals surface area contributed by atoms with Gasteiger partial charge in [-0.3, -0.25) is 0 Å². The first kappa shape index (κ1) is 9.79. The first-order chi connectivity index (χ1) is 6.24. The molecule has 0 saturated heterocycles. The zero-order chi connectivity index (χ0) is 9.68. The fourth-order valence-corrected chi connectivity index (χ4v) is 1.88. The van der Waals surface area contributed by atoms with Crippen LogP contribution in [-0.2, 0) is 0 Å². The molecule has 0 aliphatic heterocycles. The summed E-state index contributed by atoms with van der Waals surface area (Å²) in [6, 6.07) is 9.49. The van der Waals surface area contributed by atoms with E-state index in [0.717, 1.165) is 5.19 Å². The minimum Gasteiger partial charge on any atom is -0.352 e. The maximum Gasteiger partial charge on any atom is 0.306 e. The fourth-order valence-electron chi connectivity index (χ4n) is 0.959. The number of primary amides is 1. The van der Waals surface area contributed by atoms with Crippen molar-refractivity contribution in [2.24, 2.45) is 5.73 Å². The molecule has 0 aliphatic rings. The van der Waals surface area contributed by atoms with Gasteiger partial charge < -0.3 is 10.3 Å². The van der Waals surface area contributed by atoms with E-state index in [2.05, 4.69) is 0 Å². The topological polar surface area (TPSA) is 46.3 Å². The average Bonchev–Trinajstić information content (AvgIpc) is 2.15. The van der Waals surface area contributed by atoms with Crippen molar-refractivity contribution in [2.45, 2.75) is 6.92 Å². The van der Waals surface area contributed by atoms with Gasteiger partial charge in [0.1, 0.15) is 0 Å². The van der Waals surface area contributed by atoms with Crippen LogP contribution in [0.25, 0.3) is 0 Å². The van der Waals surface area contributed by atoms with Gasteiger partial charge in [-0.25, -0.2) is 4.79 Å². The van der Waals surface area contributed by atoms with E-state index in [1.165, 1.54) is 0 Å². The number of nitrogens with two attached hydrogens (primary N) is 1. The third-order valence-electron chi connectivity index (χ3n) is 1.62. The monoisotopic (exact) mass is 192 g/mol. The summed E-state index contributed by atoms with van der Waals surface area (Å²) in [6.07, 6.45) is 0. The van der Waals surface area contributed by atoms with E-state index >= 15 is 0 Å². The Kier molecular flexibility index (Phi) is 3.51. The van der Waals surface area contributed by atoms with Crippen LogP contribution in [0.15, 0.2) is 30.3 Å². The molecule has 2 amide bonds. The molecular formula is C9H12N2OSi. The lowest BCUT2D eigenvalue weighted by molar-refractivity contribution is 0.234. The summed E-state index contributed by atoms with van der Waals surface area (Å²) < 4.78 is 1.62. The van der Waals surface area contributed by atoms with Crippen LogP contribution in [0.4, 0.5) is 4.79 Å². The van der Waals surface area contributed by atoms with Gasteiger partial charge in [-0.15, -0.1) is 0 Å². The molecular weight excluding hydrogens is 180 g/mol. The third-order valence-corrected chi connectivity index (χ3v) is 3.02. The van der Waals surface area contributed by atoms with Crippen molar-refractivity contribution in [1.82, 2.24) is 4.57 Å². The highest BCUT2D eigenvalue weighted by Gasteiger charge is 2.08. The molecule has 1 aromatic carbocycles. The Hall–Kier alpha value is -1.29. The van der Waals surface area contributed by atoms with Crippen molar-refractivity contribution < 1.29 is 4.79 Å². The van der Waals surface area contributed by atoms with Gasteiger partial charge in [-0.1, -0.05) is 30.3 Å². The minimum atomic E-state index is -0.357. The molecule has 0 bridgehead atoms. The molecule has 13 heavy (non-hydrogen) atoms. The van der Waals surface area contributed by atoms with Crippen LogP contribution in [0.3, 0.4) is 0 Å². The van der Waals surface area contributed by atoms with Crippen LogP contribution >= 0.6 is 0 Å². The summed E-state index contributed by atoms with van der Waals surface area (Å²) in [5.74, 6) is 0. The van der Waals surface area contributed by atoms with Crippen LogP contribution in [0.1, 0.15) is 6.92 Å². The summed E-state index contributed by atoms with van der Waals surface area (Å²) in [5.41, 5.74) is 5.19. The number of amides is 2. The molecule has 0 atom stereocenters. The molecule has 0 heterocycles. The van der Waals surface area contributed by atoms with Crippen LogP contribution in [-0.4, -0.2) is 26.8 Å². The first-order valence-corrected chi connectivity index (χ1v) is 5.07. The molecule has 1 aromatic rings. The van der Waals surface area contributed by atoms with Gasteiger partial charge in [0.15, 0.2) is 0 Å². The van der Waals surface area contributed by atoms with Gasteiger partial charge in [0.05, 0.1) is 0 Å². The zero-order valence-electron chi connectivity index (χ0n) is 7.53. The van der Waals surface area contributed by atoms with Crippen molar-refractivity contribution in [3.8, 4) is 0 Å². The summed E-state index contributed by atoms with van der Waals surface area (Å²) in [7, 11) is 0.335. The lowest BCUT2D eigenvalue weighted by Crippen LogP contribution is -2.43. The van der Waals surface area contributed by atoms with Crippen LogP contribution < -0.4 is 10.9 Å². The van der Waals surface area contributed by atoms with Crippen LogP contribution in [0.2, 0.25) is 0 Å². The zero-order valence-corrected chi connectivity index (χ0v) is 8.53. The number of nitrogens with zero attached hydrogens (tertiary/aromatic N) is 1. The van der Waals surface area contributed by atoms with Crippen LogP contribution in [0.5, 0.6) is 0 Å². The van der Waals surface area contributed by atoms with Gasteiger partial charge in [0.2, 0.25) is 9.68 Å². The molecule has 0 fully saturated rings. The Morgan fingerprint density at radius 1 is 1.46 bits per heavy atom. The fraction of sp³-hybridized carbons (Fsp3) is 0.222. The van der Waals surface area contributed by atoms with Gasteiger partial charge in [0, 0.05) is 6.54 Å². The highest BCUT2D eigenvalue weighted by molar-refractivity contribution is 6.53. The molecule has 0 aliphatic carbocycles. The number of rotatable bonds is 3. The molecule has 3 nitrogen and oxygen atoms in total. The Morgan fingerprint density at radius 3 is 2.54 bits per heavy atom. The highest BCUT2D eigenvalue weighted by Crippen LogP contribution is 1.86. The van der Waals surface area contributed by atoms with Gasteiger partial charge in [0.25, 0.3) is 0 Å². The third kappa shape index (κ3) is 2.91. The highest BCUT2D eigenvalue weighted by atomic mass is 28.2. The second-order valence-electron chi connectivity index (χ2n) is 2.56. The predicted molar refractivity (Wildman–Crippen MR) is 53.8 cm³/mol. The van der Waals surface area contributed by atoms with E-state index in [0.29, 0.717) is 16.2 Å². The second kappa shape index (κ2) is 4.66. The first-order valence-electron chi connectivity index (χ1n) is 4.12. The van der Waals surface area contributed by atoms with E-state index in [-0.39, 0.29) is 6.03 Å². The maximum atomic E-state index is 10.9. The maximum absolute atomic E-state index is 10.9. The Balaban J connectivity index is 2.62. The number of carbonyl (C=O) groups is 1. The van der Waals surface area contributed by atoms with Crippen molar-refractivity contribution in [3.05, 3.63) is 30.3 Å². The Morgan fingerprint density at radius 2 is 2.08 bits per heavy atom. The summed E-state index contributed by atoms with van der Waals surface area (Å²) in [5, 5.41) is 1.13. The second-order valence-corrected chi connectivity index (χ2v) is 3.90. The lowest BCUT2D eigenvalue weighted by atomic mass is 10.4. The van der Waals surface area contributed by atoms with Crippen molar-refractivity contribution in [2.75, 3.05) is 6.54 Å². The van der Waals surface area contributed by atoms with E-state index in [4.69, 9.17) is 5.73 Å². The minimum absolute atomic E-state index is 0.335. The SMILES string of the molecule is CCN([Si]c1ccccc1)C(N)=O. The molecule has 1 rings (SSSR count). The van der Waals surface area contributed by atoms with Gasteiger partial charge in [-0.2, -0.15) is 0 Å². The van der Waals surface area contributed by atoms with Gasteiger partial charge in [-0.05, 0) is 12.1 Å². The number of hydrogen-bond donors (Lipinski definition) is 1. The van der Waals surface area contributed by atoms with Crippen molar-refractivity contribution in [3.63, 3.8) is 0 Å². The average molecular weight is 192 g/mol. The lowest BCUT2D eigenvalue weighted by Gasteiger charge is -2.16. The summed E-state index contributed by atoms with van der Waals surface area (Å²) >= 11 is 0. The van der Waals surface area contributed by atoms with Crippen molar-refractivity contribution in [1.29, 1.82) is 0 Å². The standard InChI is InChI=1S/C9H12N2OSi/c1-2-11(9(10)12)13-8-6-4-3-5-7-8/h3-7H,2H2,1H3,(H2,10,12). The molecule has 2 N–H and O–H groups in total. The summed E-state index contributed by atoms with van der Waals surface area (Å²) in [4.78, 5) is 10.9. The number of carbonyl (C=O) groups excluding carboxylic acids is 1.